The molecule has 3 aromatic rings. The molecule has 0 amide bonds. The van der Waals surface area contributed by atoms with E-state index in [2.05, 4.69) is 35.6 Å². The van der Waals surface area contributed by atoms with Crippen molar-refractivity contribution in [3.8, 4) is 0 Å². The highest BCUT2D eigenvalue weighted by molar-refractivity contribution is 4.84. The summed E-state index contributed by atoms with van der Waals surface area (Å²) in [7, 11) is 0. The van der Waals surface area contributed by atoms with E-state index in [1.54, 1.807) is 12.4 Å². The Morgan fingerprint density at radius 1 is 0.529 bits per heavy atom. The van der Waals surface area contributed by atoms with Crippen LogP contribution in [0, 0.1) is 0 Å². The summed E-state index contributed by atoms with van der Waals surface area (Å²) in [6.07, 6.45) is 9.58. The standard InChI is InChI=1S/C4H4N2.C4H5N.C2H2N4/c1-2-4-6-5-3-1;1-2-4-5-3-1;1-3-5-2-6-4-1/h1-4H;1-5H;1-2H. The molecule has 7 heteroatoms. The van der Waals surface area contributed by atoms with Gasteiger partial charge in [-0.3, -0.25) is 0 Å². The average Bonchev–Trinajstić information content (AvgIpc) is 3.03. The quantitative estimate of drug-likeness (QED) is 0.611. The van der Waals surface area contributed by atoms with E-state index in [4.69, 9.17) is 0 Å². The minimum absolute atomic E-state index is 1.28. The Bertz CT molecular complexity index is 327. The van der Waals surface area contributed by atoms with Crippen molar-refractivity contribution in [2.75, 3.05) is 0 Å². The highest BCUT2D eigenvalue weighted by Gasteiger charge is 1.61. The second kappa shape index (κ2) is 9.84. The molecule has 7 nitrogen and oxygen atoms in total. The predicted molar refractivity (Wildman–Crippen MR) is 60.4 cm³/mol. The Morgan fingerprint density at radius 3 is 1.18 bits per heavy atom. The van der Waals surface area contributed by atoms with Crippen LogP contribution in [0.25, 0.3) is 0 Å². The second-order valence-corrected chi connectivity index (χ2v) is 2.49. The van der Waals surface area contributed by atoms with Crippen LogP contribution in [0.1, 0.15) is 0 Å². The zero-order valence-corrected chi connectivity index (χ0v) is 8.96. The van der Waals surface area contributed by atoms with Crippen LogP contribution in [-0.2, 0) is 0 Å². The van der Waals surface area contributed by atoms with E-state index in [-0.39, 0.29) is 0 Å². The summed E-state index contributed by atoms with van der Waals surface area (Å²) in [6, 6.07) is 7.54. The van der Waals surface area contributed by atoms with E-state index >= 15 is 0 Å². The molecule has 0 fully saturated rings. The normalized spacial score (nSPS) is 8.00. The van der Waals surface area contributed by atoms with E-state index in [9.17, 15) is 0 Å². The molecule has 86 valence electrons. The zero-order chi connectivity index (χ0) is 12.0. The van der Waals surface area contributed by atoms with E-state index in [1.165, 1.54) is 12.7 Å². The van der Waals surface area contributed by atoms with Crippen molar-refractivity contribution in [2.45, 2.75) is 0 Å². The van der Waals surface area contributed by atoms with E-state index in [0.717, 1.165) is 0 Å². The number of nitrogens with one attached hydrogen (secondary N) is 1. The lowest BCUT2D eigenvalue weighted by molar-refractivity contribution is 0.853. The lowest BCUT2D eigenvalue weighted by Crippen LogP contribution is -1.81. The summed E-state index contributed by atoms with van der Waals surface area (Å²) in [5.74, 6) is 0. The molecule has 0 radical (unpaired) electrons. The molecule has 0 aromatic carbocycles. The van der Waals surface area contributed by atoms with Crippen LogP contribution in [0.15, 0.2) is 61.7 Å². The third kappa shape index (κ3) is 8.30. The first kappa shape index (κ1) is 12.4. The Morgan fingerprint density at radius 2 is 1.00 bits per heavy atom. The molecule has 0 spiro atoms. The Balaban J connectivity index is 0.000000128. The third-order valence-electron chi connectivity index (χ3n) is 1.32. The number of hydrogen-bond acceptors (Lipinski definition) is 6. The average molecular weight is 229 g/mol. The molecule has 3 aromatic heterocycles. The molecule has 17 heavy (non-hydrogen) atoms. The van der Waals surface area contributed by atoms with E-state index in [1.807, 2.05) is 36.7 Å². The van der Waals surface area contributed by atoms with Crippen molar-refractivity contribution in [1.82, 2.24) is 35.6 Å². The summed E-state index contributed by atoms with van der Waals surface area (Å²) in [4.78, 5) is 2.86. The Labute approximate surface area is 98.0 Å². The fourth-order valence-electron chi connectivity index (χ4n) is 0.697. The third-order valence-corrected chi connectivity index (χ3v) is 1.32. The predicted octanol–water partition coefficient (Wildman–Crippen LogP) is 0.758. The summed E-state index contributed by atoms with van der Waals surface area (Å²) in [5, 5.41) is 20.5. The molecule has 3 rings (SSSR count). The molecule has 1 N–H and O–H groups in total. The summed E-state index contributed by atoms with van der Waals surface area (Å²) >= 11 is 0. The van der Waals surface area contributed by atoms with Crippen LogP contribution in [-0.4, -0.2) is 35.6 Å². The number of hydrogen-bond donors (Lipinski definition) is 1. The molecule has 0 saturated heterocycles. The number of aromatic amines is 1. The topological polar surface area (TPSA) is 93.1 Å². The lowest BCUT2D eigenvalue weighted by Gasteiger charge is -1.69. The molecule has 0 aliphatic rings. The maximum absolute atomic E-state index is 3.53. The summed E-state index contributed by atoms with van der Waals surface area (Å²) in [6.45, 7) is 0. The fourth-order valence-corrected chi connectivity index (χ4v) is 0.697. The van der Waals surface area contributed by atoms with Gasteiger partial charge in [0, 0.05) is 24.8 Å². The van der Waals surface area contributed by atoms with Crippen LogP contribution < -0.4 is 0 Å². The van der Waals surface area contributed by atoms with Gasteiger partial charge in [0.2, 0.25) is 0 Å². The van der Waals surface area contributed by atoms with Gasteiger partial charge in [-0.1, -0.05) is 0 Å². The van der Waals surface area contributed by atoms with Gasteiger partial charge in [-0.2, -0.15) is 10.2 Å². The SMILES string of the molecule is c1cc[nH]c1.c1ccnnc1.c1nncnn1. The van der Waals surface area contributed by atoms with Crippen molar-refractivity contribution >= 4 is 0 Å². The van der Waals surface area contributed by atoms with Crippen LogP contribution in [0.5, 0.6) is 0 Å². The molecule has 0 aliphatic carbocycles. The highest BCUT2D eigenvalue weighted by Crippen LogP contribution is 1.72. The number of aromatic nitrogens is 7. The number of rotatable bonds is 0. The smallest absolute Gasteiger partial charge is 0.160 e. The van der Waals surface area contributed by atoms with Crippen LogP contribution in [0.3, 0.4) is 0 Å². The number of nitrogens with zero attached hydrogens (tertiary/aromatic N) is 6. The van der Waals surface area contributed by atoms with Crippen molar-refractivity contribution < 1.29 is 0 Å². The fraction of sp³-hybridized carbons (Fsp3) is 0. The first-order valence-corrected chi connectivity index (χ1v) is 4.73. The molecule has 3 heterocycles. The second-order valence-electron chi connectivity index (χ2n) is 2.49. The number of H-pyrrole nitrogens is 1. The summed E-state index contributed by atoms with van der Waals surface area (Å²) < 4.78 is 0. The van der Waals surface area contributed by atoms with Crippen molar-refractivity contribution in [1.29, 1.82) is 0 Å². The van der Waals surface area contributed by atoms with Gasteiger partial charge >= 0.3 is 0 Å². The van der Waals surface area contributed by atoms with Gasteiger partial charge in [-0.25, -0.2) is 0 Å². The largest absolute Gasteiger partial charge is 0.368 e. The lowest BCUT2D eigenvalue weighted by atomic mass is 10.6. The van der Waals surface area contributed by atoms with Crippen LogP contribution >= 0.6 is 0 Å². The molecule has 0 atom stereocenters. The van der Waals surface area contributed by atoms with Gasteiger partial charge in [0.25, 0.3) is 0 Å². The van der Waals surface area contributed by atoms with Gasteiger partial charge in [-0.15, -0.1) is 20.4 Å². The zero-order valence-electron chi connectivity index (χ0n) is 8.96. The van der Waals surface area contributed by atoms with E-state index in [0.29, 0.717) is 0 Å². The minimum Gasteiger partial charge on any atom is -0.368 e. The Hall–Kier alpha value is -2.70. The summed E-state index contributed by atoms with van der Waals surface area (Å²) in [5.41, 5.74) is 0. The van der Waals surface area contributed by atoms with Gasteiger partial charge < -0.3 is 4.98 Å². The monoisotopic (exact) mass is 229 g/mol. The van der Waals surface area contributed by atoms with Crippen molar-refractivity contribution in [3.63, 3.8) is 0 Å². The molecule has 0 unspecified atom stereocenters. The maximum atomic E-state index is 3.53. The Kier molecular flexibility index (Phi) is 7.16. The minimum atomic E-state index is 1.28. The van der Waals surface area contributed by atoms with Crippen molar-refractivity contribution in [3.05, 3.63) is 61.7 Å². The molecule has 0 saturated carbocycles. The molecule has 0 aliphatic heterocycles. The van der Waals surface area contributed by atoms with Crippen LogP contribution in [0.2, 0.25) is 0 Å². The maximum Gasteiger partial charge on any atom is 0.160 e. The van der Waals surface area contributed by atoms with Gasteiger partial charge in [-0.05, 0) is 24.3 Å². The van der Waals surface area contributed by atoms with Crippen molar-refractivity contribution in [2.24, 2.45) is 0 Å². The van der Waals surface area contributed by atoms with Gasteiger partial charge in [0.1, 0.15) is 0 Å². The van der Waals surface area contributed by atoms with E-state index < -0.39 is 0 Å². The molecular formula is C10H11N7. The molecule has 0 bridgehead atoms. The first-order valence-electron chi connectivity index (χ1n) is 4.73. The first-order chi connectivity index (χ1) is 8.50. The van der Waals surface area contributed by atoms with Gasteiger partial charge in [0.05, 0.1) is 0 Å². The van der Waals surface area contributed by atoms with Crippen LogP contribution in [0.4, 0.5) is 0 Å². The molecular weight excluding hydrogens is 218 g/mol. The van der Waals surface area contributed by atoms with Gasteiger partial charge in [0.15, 0.2) is 12.7 Å². The highest BCUT2D eigenvalue weighted by atomic mass is 15.2.